The first kappa shape index (κ1) is 10.1. The predicted molar refractivity (Wildman–Crippen MR) is 56.0 cm³/mol. The zero-order chi connectivity index (χ0) is 11.0. The van der Waals surface area contributed by atoms with Crippen LogP contribution < -0.4 is 0 Å². The molecule has 0 amide bonds. The molecular formula is C11H9ClN2O. The van der Waals surface area contributed by atoms with Gasteiger partial charge < -0.3 is 0 Å². The van der Waals surface area contributed by atoms with Crippen molar-refractivity contribution in [3.8, 4) is 6.07 Å². The van der Waals surface area contributed by atoms with Gasteiger partial charge in [0.25, 0.3) is 0 Å². The molecule has 0 saturated carbocycles. The van der Waals surface area contributed by atoms with E-state index in [4.69, 9.17) is 16.9 Å². The molecule has 0 bridgehead atoms. The normalized spacial score (nSPS) is 14.6. The summed E-state index contributed by atoms with van der Waals surface area (Å²) in [7, 11) is 0. The van der Waals surface area contributed by atoms with Crippen LogP contribution in [-0.4, -0.2) is 10.8 Å². The molecular weight excluding hydrogens is 212 g/mol. The lowest BCUT2D eigenvalue weighted by Crippen LogP contribution is -2.16. The highest BCUT2D eigenvalue weighted by Gasteiger charge is 2.24. The first-order chi connectivity index (χ1) is 7.15. The molecule has 1 aromatic rings. The second kappa shape index (κ2) is 3.63. The highest BCUT2D eigenvalue weighted by molar-refractivity contribution is 6.32. The van der Waals surface area contributed by atoms with Crippen molar-refractivity contribution in [2.75, 3.05) is 0 Å². The van der Waals surface area contributed by atoms with E-state index in [1.165, 1.54) is 0 Å². The lowest BCUT2D eigenvalue weighted by molar-refractivity contribution is 0.0967. The van der Waals surface area contributed by atoms with Gasteiger partial charge in [0.1, 0.15) is 11.8 Å². The first-order valence-electron chi connectivity index (χ1n) is 4.77. The fraction of sp³-hybridized carbons (Fsp3) is 0.364. The van der Waals surface area contributed by atoms with Crippen LogP contribution in [0.25, 0.3) is 0 Å². The quantitative estimate of drug-likeness (QED) is 0.675. The molecule has 0 unspecified atom stereocenters. The first-order valence-corrected chi connectivity index (χ1v) is 5.15. The molecule has 2 rings (SSSR count). The number of aromatic nitrogens is 1. The summed E-state index contributed by atoms with van der Waals surface area (Å²) in [5, 5.41) is 9.39. The number of fused-ring (bicyclic) bond motifs is 1. The molecule has 1 heterocycles. The molecule has 0 atom stereocenters. The molecule has 1 aromatic heterocycles. The number of carbonyl (C=O) groups excluding carboxylic acids is 1. The average molecular weight is 221 g/mol. The zero-order valence-corrected chi connectivity index (χ0v) is 9.06. The van der Waals surface area contributed by atoms with E-state index in [-0.39, 0.29) is 5.78 Å². The second-order valence-corrected chi connectivity index (χ2v) is 3.98. The monoisotopic (exact) mass is 220 g/mol. The minimum absolute atomic E-state index is 0.0208. The van der Waals surface area contributed by atoms with E-state index >= 15 is 0 Å². The van der Waals surface area contributed by atoms with Gasteiger partial charge in [-0.3, -0.25) is 4.79 Å². The third-order valence-electron chi connectivity index (χ3n) is 2.61. The largest absolute Gasteiger partial charge is 0.292 e. The predicted octanol–water partition coefficient (Wildman–Crippen LogP) is 2.43. The van der Waals surface area contributed by atoms with Crippen molar-refractivity contribution in [1.29, 1.82) is 5.26 Å². The number of hydrogen-bond donors (Lipinski definition) is 0. The van der Waals surface area contributed by atoms with Crippen molar-refractivity contribution >= 4 is 17.4 Å². The summed E-state index contributed by atoms with van der Waals surface area (Å²) in [6.45, 7) is 1.71. The Morgan fingerprint density at radius 1 is 1.47 bits per heavy atom. The van der Waals surface area contributed by atoms with Crippen LogP contribution in [0.1, 0.15) is 40.2 Å². The van der Waals surface area contributed by atoms with Crippen LogP contribution in [0.15, 0.2) is 0 Å². The summed E-state index contributed by atoms with van der Waals surface area (Å²) in [5.41, 5.74) is 2.15. The van der Waals surface area contributed by atoms with E-state index in [1.807, 2.05) is 0 Å². The van der Waals surface area contributed by atoms with Gasteiger partial charge in [-0.05, 0) is 19.8 Å². The number of nitriles is 1. The van der Waals surface area contributed by atoms with Gasteiger partial charge in [-0.15, -0.1) is 0 Å². The Bertz CT molecular complexity index is 488. The van der Waals surface area contributed by atoms with Gasteiger partial charge in [0.15, 0.2) is 5.78 Å². The molecule has 3 nitrogen and oxygen atoms in total. The number of Topliss-reactive ketones (excluding diaryl/α,β-unsaturated/α-hetero) is 1. The number of halogens is 1. The van der Waals surface area contributed by atoms with E-state index in [0.717, 1.165) is 18.4 Å². The van der Waals surface area contributed by atoms with Crippen LogP contribution in [0.2, 0.25) is 5.02 Å². The number of nitrogens with zero attached hydrogens (tertiary/aromatic N) is 2. The minimum Gasteiger partial charge on any atom is -0.292 e. The van der Waals surface area contributed by atoms with Gasteiger partial charge >= 0.3 is 0 Å². The molecule has 0 aromatic carbocycles. The number of ketones is 1. The SMILES string of the molecule is Cc1nc2c(c(C#N)c1Cl)CCCC2=O. The van der Waals surface area contributed by atoms with Gasteiger partial charge in [-0.2, -0.15) is 5.26 Å². The van der Waals surface area contributed by atoms with E-state index < -0.39 is 0 Å². The topological polar surface area (TPSA) is 53.8 Å². The van der Waals surface area contributed by atoms with Crippen molar-refractivity contribution < 1.29 is 4.79 Å². The molecule has 15 heavy (non-hydrogen) atoms. The standard InChI is InChI=1S/C11H9ClN2O/c1-6-10(12)8(5-13)7-3-2-4-9(15)11(7)14-6/h2-4H2,1H3. The Balaban J connectivity index is 2.76. The lowest BCUT2D eigenvalue weighted by Gasteiger charge is -2.16. The summed E-state index contributed by atoms with van der Waals surface area (Å²) < 4.78 is 0. The summed E-state index contributed by atoms with van der Waals surface area (Å²) in [5.74, 6) is 0.0208. The van der Waals surface area contributed by atoms with Crippen LogP contribution in [0, 0.1) is 18.3 Å². The lowest BCUT2D eigenvalue weighted by atomic mass is 9.91. The van der Waals surface area contributed by atoms with Crippen molar-refractivity contribution in [3.05, 3.63) is 27.5 Å². The van der Waals surface area contributed by atoms with Crippen molar-refractivity contribution in [3.63, 3.8) is 0 Å². The Morgan fingerprint density at radius 3 is 2.87 bits per heavy atom. The molecule has 76 valence electrons. The molecule has 4 heteroatoms. The van der Waals surface area contributed by atoms with Crippen LogP contribution in [-0.2, 0) is 6.42 Å². The molecule has 0 N–H and O–H groups in total. The maximum absolute atomic E-state index is 11.6. The van der Waals surface area contributed by atoms with Crippen molar-refractivity contribution in [1.82, 2.24) is 4.98 Å². The molecule has 0 aliphatic heterocycles. The highest BCUT2D eigenvalue weighted by Crippen LogP contribution is 2.29. The summed E-state index contributed by atoms with van der Waals surface area (Å²) in [6.07, 6.45) is 2.02. The van der Waals surface area contributed by atoms with Gasteiger partial charge in [0.05, 0.1) is 16.3 Å². The van der Waals surface area contributed by atoms with E-state index in [0.29, 0.717) is 28.4 Å². The fourth-order valence-electron chi connectivity index (χ4n) is 1.85. The van der Waals surface area contributed by atoms with E-state index in [1.54, 1.807) is 6.92 Å². The number of pyridine rings is 1. The highest BCUT2D eigenvalue weighted by atomic mass is 35.5. The summed E-state index contributed by atoms with van der Waals surface area (Å²) in [6, 6.07) is 2.06. The third-order valence-corrected chi connectivity index (χ3v) is 3.07. The number of carbonyl (C=O) groups is 1. The second-order valence-electron chi connectivity index (χ2n) is 3.60. The molecule has 0 saturated heterocycles. The third kappa shape index (κ3) is 1.51. The maximum Gasteiger partial charge on any atom is 0.181 e. The minimum atomic E-state index is 0.0208. The summed E-state index contributed by atoms with van der Waals surface area (Å²) >= 11 is 5.98. The van der Waals surface area contributed by atoms with Crippen LogP contribution >= 0.6 is 11.6 Å². The van der Waals surface area contributed by atoms with Crippen LogP contribution in [0.5, 0.6) is 0 Å². The van der Waals surface area contributed by atoms with Crippen molar-refractivity contribution in [2.45, 2.75) is 26.2 Å². The van der Waals surface area contributed by atoms with Gasteiger partial charge in [-0.25, -0.2) is 4.98 Å². The Kier molecular flexibility index (Phi) is 2.45. The number of aryl methyl sites for hydroxylation is 1. The Labute approximate surface area is 92.7 Å². The summed E-state index contributed by atoms with van der Waals surface area (Å²) in [4.78, 5) is 15.8. The molecule has 1 aliphatic rings. The molecule has 0 radical (unpaired) electrons. The van der Waals surface area contributed by atoms with Gasteiger partial charge in [0, 0.05) is 12.0 Å². The zero-order valence-electron chi connectivity index (χ0n) is 8.30. The van der Waals surface area contributed by atoms with Gasteiger partial charge in [0.2, 0.25) is 0 Å². The number of rotatable bonds is 0. The molecule has 0 spiro atoms. The van der Waals surface area contributed by atoms with Crippen LogP contribution in [0.3, 0.4) is 0 Å². The fourth-order valence-corrected chi connectivity index (χ4v) is 2.05. The van der Waals surface area contributed by atoms with Gasteiger partial charge in [-0.1, -0.05) is 11.6 Å². The smallest absolute Gasteiger partial charge is 0.181 e. The van der Waals surface area contributed by atoms with E-state index in [2.05, 4.69) is 11.1 Å². The Morgan fingerprint density at radius 2 is 2.20 bits per heavy atom. The van der Waals surface area contributed by atoms with Crippen LogP contribution in [0.4, 0.5) is 0 Å². The molecule has 0 fully saturated rings. The molecule has 1 aliphatic carbocycles. The number of hydrogen-bond acceptors (Lipinski definition) is 3. The average Bonchev–Trinajstić information content (AvgIpc) is 2.22. The maximum atomic E-state index is 11.6. The van der Waals surface area contributed by atoms with Crippen molar-refractivity contribution in [2.24, 2.45) is 0 Å². The Hall–Kier alpha value is -1.40. The van der Waals surface area contributed by atoms with E-state index in [9.17, 15) is 4.79 Å².